The fourth-order valence-electron chi connectivity index (χ4n) is 2.47. The maximum Gasteiger partial charge on any atom is 0.208 e. The quantitative estimate of drug-likeness (QED) is 0.754. The van der Waals surface area contributed by atoms with Crippen LogP contribution in [0.15, 0.2) is 54.7 Å². The molecule has 0 saturated heterocycles. The number of anilines is 1. The molecule has 0 aliphatic rings. The first-order chi connectivity index (χ1) is 11.3. The third-order valence-corrected chi connectivity index (χ3v) is 4.69. The summed E-state index contributed by atoms with van der Waals surface area (Å²) in [7, 11) is 1.98. The van der Waals surface area contributed by atoms with Crippen molar-refractivity contribution in [1.29, 1.82) is 0 Å². The molecule has 3 aromatic rings. The van der Waals surface area contributed by atoms with Crippen LogP contribution in [-0.4, -0.2) is 33.9 Å². The van der Waals surface area contributed by atoms with Gasteiger partial charge in [-0.15, -0.1) is 10.2 Å². The third kappa shape index (κ3) is 3.55. The normalized spacial score (nSPS) is 12.1. The van der Waals surface area contributed by atoms with Gasteiger partial charge >= 0.3 is 0 Å². The van der Waals surface area contributed by atoms with Crippen molar-refractivity contribution in [3.8, 4) is 10.7 Å². The SMILES string of the molecule is CN(c1nnc(-c2ccccn2)s1)[C@H](CCO)c1ccccc1. The number of aliphatic hydroxyl groups excluding tert-OH is 1. The highest BCUT2D eigenvalue weighted by atomic mass is 32.1. The van der Waals surface area contributed by atoms with E-state index >= 15 is 0 Å². The molecule has 1 aromatic carbocycles. The Morgan fingerprint density at radius 3 is 2.57 bits per heavy atom. The fraction of sp³-hybridized carbons (Fsp3) is 0.235. The lowest BCUT2D eigenvalue weighted by Crippen LogP contribution is -2.25. The lowest BCUT2D eigenvalue weighted by Gasteiger charge is -2.27. The van der Waals surface area contributed by atoms with Crippen molar-refractivity contribution in [2.24, 2.45) is 0 Å². The Kier molecular flexibility index (Phi) is 4.95. The summed E-state index contributed by atoms with van der Waals surface area (Å²) in [5, 5.41) is 19.6. The summed E-state index contributed by atoms with van der Waals surface area (Å²) >= 11 is 1.50. The van der Waals surface area contributed by atoms with Crippen molar-refractivity contribution in [2.75, 3.05) is 18.6 Å². The molecule has 0 bridgehead atoms. The van der Waals surface area contributed by atoms with E-state index in [4.69, 9.17) is 0 Å². The lowest BCUT2D eigenvalue weighted by atomic mass is 10.0. The molecule has 0 saturated carbocycles. The Morgan fingerprint density at radius 2 is 1.87 bits per heavy atom. The maximum absolute atomic E-state index is 9.41. The van der Waals surface area contributed by atoms with Gasteiger partial charge in [-0.1, -0.05) is 47.7 Å². The minimum absolute atomic E-state index is 0.0609. The number of aliphatic hydroxyl groups is 1. The molecule has 118 valence electrons. The zero-order valence-electron chi connectivity index (χ0n) is 12.8. The Morgan fingerprint density at radius 1 is 1.09 bits per heavy atom. The average Bonchev–Trinajstić information content (AvgIpc) is 3.11. The van der Waals surface area contributed by atoms with Gasteiger partial charge in [0.1, 0.15) is 5.69 Å². The molecule has 1 atom stereocenters. The molecule has 5 nitrogen and oxygen atoms in total. The van der Waals surface area contributed by atoms with Gasteiger partial charge in [0.2, 0.25) is 5.13 Å². The fourth-order valence-corrected chi connectivity index (χ4v) is 3.30. The smallest absolute Gasteiger partial charge is 0.208 e. The molecule has 0 unspecified atom stereocenters. The highest BCUT2D eigenvalue weighted by Gasteiger charge is 2.20. The first kappa shape index (κ1) is 15.6. The van der Waals surface area contributed by atoms with Gasteiger partial charge in [0.15, 0.2) is 5.01 Å². The topological polar surface area (TPSA) is 62.1 Å². The lowest BCUT2D eigenvalue weighted by molar-refractivity contribution is 0.275. The van der Waals surface area contributed by atoms with Crippen LogP contribution in [0.2, 0.25) is 0 Å². The van der Waals surface area contributed by atoms with Gasteiger partial charge < -0.3 is 10.0 Å². The zero-order valence-corrected chi connectivity index (χ0v) is 13.6. The molecule has 3 rings (SSSR count). The second-order valence-corrected chi connectivity index (χ2v) is 6.11. The first-order valence-electron chi connectivity index (χ1n) is 7.43. The van der Waals surface area contributed by atoms with Crippen LogP contribution in [0.25, 0.3) is 10.7 Å². The average molecular weight is 326 g/mol. The molecule has 2 aromatic heterocycles. The molecule has 1 N–H and O–H groups in total. The molecule has 0 fully saturated rings. The molecule has 0 aliphatic heterocycles. The summed E-state index contributed by atoms with van der Waals surface area (Å²) in [5.41, 5.74) is 1.97. The third-order valence-electron chi connectivity index (χ3n) is 3.65. The van der Waals surface area contributed by atoms with Crippen LogP contribution in [0.3, 0.4) is 0 Å². The van der Waals surface area contributed by atoms with E-state index < -0.39 is 0 Å². The minimum Gasteiger partial charge on any atom is -0.396 e. The summed E-state index contributed by atoms with van der Waals surface area (Å²) in [6.07, 6.45) is 2.39. The van der Waals surface area contributed by atoms with Crippen molar-refractivity contribution in [3.05, 3.63) is 60.3 Å². The molecule has 2 heterocycles. The number of hydrogen-bond acceptors (Lipinski definition) is 6. The van der Waals surface area contributed by atoms with Crippen LogP contribution >= 0.6 is 11.3 Å². The molecule has 0 aliphatic carbocycles. The van der Waals surface area contributed by atoms with Crippen molar-refractivity contribution >= 4 is 16.5 Å². The molecule has 0 amide bonds. The van der Waals surface area contributed by atoms with E-state index in [9.17, 15) is 5.11 Å². The van der Waals surface area contributed by atoms with E-state index in [1.807, 2.05) is 43.4 Å². The van der Waals surface area contributed by atoms with Crippen molar-refractivity contribution in [1.82, 2.24) is 15.2 Å². The van der Waals surface area contributed by atoms with E-state index in [-0.39, 0.29) is 12.6 Å². The minimum atomic E-state index is 0.0609. The standard InChI is InChI=1S/C17H18N4OS/c1-21(15(10-12-22)13-7-3-2-4-8-13)17-20-19-16(23-17)14-9-5-6-11-18-14/h2-9,11,15,22H,10,12H2,1H3/t15-/m1/s1. The number of rotatable bonds is 6. The summed E-state index contributed by atoms with van der Waals surface area (Å²) in [5.74, 6) is 0. The largest absolute Gasteiger partial charge is 0.396 e. The van der Waals surface area contributed by atoms with Gasteiger partial charge in [0, 0.05) is 19.9 Å². The maximum atomic E-state index is 9.41. The van der Waals surface area contributed by atoms with E-state index in [0.29, 0.717) is 6.42 Å². The van der Waals surface area contributed by atoms with Gasteiger partial charge in [0.05, 0.1) is 6.04 Å². The van der Waals surface area contributed by atoms with E-state index in [2.05, 4.69) is 32.2 Å². The molecular weight excluding hydrogens is 308 g/mol. The van der Waals surface area contributed by atoms with Crippen LogP contribution in [0.4, 0.5) is 5.13 Å². The molecular formula is C17H18N4OS. The summed E-state index contributed by atoms with van der Waals surface area (Å²) in [4.78, 5) is 6.38. The number of pyridine rings is 1. The van der Waals surface area contributed by atoms with Crippen LogP contribution in [0, 0.1) is 0 Å². The second kappa shape index (κ2) is 7.30. The Hall–Kier alpha value is -2.31. The van der Waals surface area contributed by atoms with Crippen molar-refractivity contribution in [3.63, 3.8) is 0 Å². The highest BCUT2D eigenvalue weighted by Crippen LogP contribution is 2.32. The van der Waals surface area contributed by atoms with E-state index in [1.165, 1.54) is 11.3 Å². The van der Waals surface area contributed by atoms with Crippen LogP contribution < -0.4 is 4.90 Å². The highest BCUT2D eigenvalue weighted by molar-refractivity contribution is 7.18. The number of aromatic nitrogens is 3. The molecule has 0 radical (unpaired) electrons. The van der Waals surface area contributed by atoms with E-state index in [1.54, 1.807) is 6.20 Å². The molecule has 6 heteroatoms. The Bertz CT molecular complexity index is 733. The number of hydrogen-bond donors (Lipinski definition) is 1. The second-order valence-electron chi connectivity index (χ2n) is 5.15. The van der Waals surface area contributed by atoms with Gasteiger partial charge in [0.25, 0.3) is 0 Å². The van der Waals surface area contributed by atoms with Crippen molar-refractivity contribution < 1.29 is 5.11 Å². The zero-order chi connectivity index (χ0) is 16.1. The molecule has 0 spiro atoms. The van der Waals surface area contributed by atoms with Gasteiger partial charge in [-0.3, -0.25) is 4.98 Å². The van der Waals surface area contributed by atoms with Crippen LogP contribution in [0.5, 0.6) is 0 Å². The van der Waals surface area contributed by atoms with Crippen LogP contribution in [0.1, 0.15) is 18.0 Å². The van der Waals surface area contributed by atoms with E-state index in [0.717, 1.165) is 21.4 Å². The first-order valence-corrected chi connectivity index (χ1v) is 8.25. The monoisotopic (exact) mass is 326 g/mol. The number of nitrogens with zero attached hydrogens (tertiary/aromatic N) is 4. The Balaban J connectivity index is 1.86. The summed E-state index contributed by atoms with van der Waals surface area (Å²) in [6, 6.07) is 15.9. The van der Waals surface area contributed by atoms with Gasteiger partial charge in [-0.2, -0.15) is 0 Å². The van der Waals surface area contributed by atoms with Crippen molar-refractivity contribution in [2.45, 2.75) is 12.5 Å². The summed E-state index contributed by atoms with van der Waals surface area (Å²) < 4.78 is 0. The predicted octanol–water partition coefficient (Wildman–Crippen LogP) is 3.16. The predicted molar refractivity (Wildman–Crippen MR) is 92.4 cm³/mol. The van der Waals surface area contributed by atoms with Crippen LogP contribution in [-0.2, 0) is 0 Å². The molecule has 23 heavy (non-hydrogen) atoms. The van der Waals surface area contributed by atoms with Gasteiger partial charge in [-0.25, -0.2) is 0 Å². The number of benzene rings is 1. The van der Waals surface area contributed by atoms with Gasteiger partial charge in [-0.05, 0) is 24.1 Å². The summed E-state index contributed by atoms with van der Waals surface area (Å²) in [6.45, 7) is 0.121. The Labute approximate surface area is 139 Å².